The van der Waals surface area contributed by atoms with Crippen molar-refractivity contribution in [2.75, 3.05) is 31.5 Å². The minimum Gasteiger partial charge on any atom is -0.339 e. The molecular weight excluding hydrogens is 354 g/mol. The molecule has 4 rings (SSSR count). The zero-order chi connectivity index (χ0) is 19.5. The molecule has 1 saturated heterocycles. The molecule has 1 aliphatic heterocycles. The lowest BCUT2D eigenvalue weighted by Crippen LogP contribution is -2.50. The molecule has 1 N–H and O–H groups in total. The first kappa shape index (κ1) is 17.9. The summed E-state index contributed by atoms with van der Waals surface area (Å²) in [6, 6.07) is 13.3. The lowest BCUT2D eigenvalue weighted by atomic mass is 10.2. The third-order valence-corrected chi connectivity index (χ3v) is 4.91. The maximum Gasteiger partial charge on any atom is 0.254 e. The van der Waals surface area contributed by atoms with Gasteiger partial charge < -0.3 is 15.1 Å². The number of rotatable bonds is 3. The number of fused-ring (bicyclic) bond motifs is 1. The number of carbonyl (C=O) groups excluding carboxylic acids is 2. The molecule has 2 aromatic heterocycles. The molecule has 1 fully saturated rings. The van der Waals surface area contributed by atoms with Crippen LogP contribution in [-0.4, -0.2) is 57.8 Å². The topological polar surface area (TPSA) is 78.4 Å². The first-order chi connectivity index (χ1) is 13.6. The van der Waals surface area contributed by atoms with Gasteiger partial charge in [0.2, 0.25) is 5.91 Å². The van der Waals surface area contributed by atoms with E-state index in [1.165, 1.54) is 0 Å². The van der Waals surface area contributed by atoms with Gasteiger partial charge in [0, 0.05) is 56.4 Å². The molecule has 2 amide bonds. The van der Waals surface area contributed by atoms with E-state index >= 15 is 0 Å². The van der Waals surface area contributed by atoms with Crippen LogP contribution < -0.4 is 5.32 Å². The van der Waals surface area contributed by atoms with E-state index in [4.69, 9.17) is 0 Å². The van der Waals surface area contributed by atoms with Crippen molar-refractivity contribution in [3.63, 3.8) is 0 Å². The number of nitrogens with zero attached hydrogens (tertiary/aromatic N) is 4. The Bertz CT molecular complexity index is 1020. The SMILES string of the molecule is CC(=O)N1CCN(C(=O)c2ccnc(Nc3cccc4cccnc34)c2)CC1. The van der Waals surface area contributed by atoms with Gasteiger partial charge in [0.05, 0.1) is 11.2 Å². The first-order valence-electron chi connectivity index (χ1n) is 9.23. The second kappa shape index (κ2) is 7.64. The third kappa shape index (κ3) is 3.64. The first-order valence-corrected chi connectivity index (χ1v) is 9.23. The number of piperazine rings is 1. The summed E-state index contributed by atoms with van der Waals surface area (Å²) in [6.07, 6.45) is 3.38. The molecule has 0 spiro atoms. The molecular formula is C21H21N5O2. The molecule has 0 aliphatic carbocycles. The molecule has 7 nitrogen and oxygen atoms in total. The molecule has 0 atom stereocenters. The second-order valence-electron chi connectivity index (χ2n) is 6.73. The summed E-state index contributed by atoms with van der Waals surface area (Å²) in [6.45, 7) is 3.77. The Morgan fingerprint density at radius 1 is 0.929 bits per heavy atom. The normalized spacial score (nSPS) is 14.2. The number of amides is 2. The van der Waals surface area contributed by atoms with Gasteiger partial charge in [-0.05, 0) is 24.3 Å². The van der Waals surface area contributed by atoms with Crippen molar-refractivity contribution in [2.24, 2.45) is 0 Å². The van der Waals surface area contributed by atoms with E-state index in [2.05, 4.69) is 15.3 Å². The number of anilines is 2. The molecule has 3 aromatic rings. The van der Waals surface area contributed by atoms with Gasteiger partial charge in [0.1, 0.15) is 5.82 Å². The van der Waals surface area contributed by atoms with Crippen molar-refractivity contribution in [3.05, 3.63) is 60.4 Å². The summed E-state index contributed by atoms with van der Waals surface area (Å²) >= 11 is 0. The third-order valence-electron chi connectivity index (χ3n) is 4.91. The highest BCUT2D eigenvalue weighted by Crippen LogP contribution is 2.24. The molecule has 1 aliphatic rings. The highest BCUT2D eigenvalue weighted by molar-refractivity contribution is 5.96. The van der Waals surface area contributed by atoms with Crippen LogP contribution >= 0.6 is 0 Å². The lowest BCUT2D eigenvalue weighted by Gasteiger charge is -2.34. The Balaban J connectivity index is 1.52. The van der Waals surface area contributed by atoms with Gasteiger partial charge in [-0.15, -0.1) is 0 Å². The summed E-state index contributed by atoms with van der Waals surface area (Å²) in [7, 11) is 0. The Hall–Kier alpha value is -3.48. The lowest BCUT2D eigenvalue weighted by molar-refractivity contribution is -0.130. The van der Waals surface area contributed by atoms with Crippen LogP contribution in [0.4, 0.5) is 11.5 Å². The van der Waals surface area contributed by atoms with Gasteiger partial charge in [-0.25, -0.2) is 4.98 Å². The van der Waals surface area contributed by atoms with Gasteiger partial charge in [0.15, 0.2) is 0 Å². The summed E-state index contributed by atoms with van der Waals surface area (Å²) in [5.41, 5.74) is 2.26. The molecule has 142 valence electrons. The summed E-state index contributed by atoms with van der Waals surface area (Å²) in [5.74, 6) is 0.585. The average molecular weight is 375 g/mol. The van der Waals surface area contributed by atoms with Crippen LogP contribution in [-0.2, 0) is 4.79 Å². The van der Waals surface area contributed by atoms with Crippen molar-refractivity contribution in [1.29, 1.82) is 0 Å². The molecule has 0 unspecified atom stereocenters. The Morgan fingerprint density at radius 3 is 2.46 bits per heavy atom. The smallest absolute Gasteiger partial charge is 0.254 e. The molecule has 7 heteroatoms. The fourth-order valence-electron chi connectivity index (χ4n) is 3.38. The number of nitrogens with one attached hydrogen (secondary N) is 1. The maximum atomic E-state index is 12.8. The second-order valence-corrected chi connectivity index (χ2v) is 6.73. The fourth-order valence-corrected chi connectivity index (χ4v) is 3.38. The van der Waals surface area contributed by atoms with Gasteiger partial charge in [-0.2, -0.15) is 0 Å². The molecule has 0 radical (unpaired) electrons. The van der Waals surface area contributed by atoms with Crippen LogP contribution in [0.25, 0.3) is 10.9 Å². The minimum atomic E-state index is -0.0512. The maximum absolute atomic E-state index is 12.8. The van der Waals surface area contributed by atoms with Crippen LogP contribution in [0, 0.1) is 0 Å². The van der Waals surface area contributed by atoms with Crippen molar-refractivity contribution >= 4 is 34.2 Å². The standard InChI is InChI=1S/C21H21N5O2/c1-15(27)25-10-12-26(13-11-25)21(28)17-7-9-22-19(14-17)24-18-6-2-4-16-5-3-8-23-20(16)18/h2-9,14H,10-13H2,1H3,(H,22,24). The number of pyridine rings is 2. The number of carbonyl (C=O) groups is 2. The monoisotopic (exact) mass is 375 g/mol. The molecule has 28 heavy (non-hydrogen) atoms. The van der Waals surface area contributed by atoms with Gasteiger partial charge in [-0.1, -0.05) is 18.2 Å². The van der Waals surface area contributed by atoms with E-state index in [0.717, 1.165) is 16.6 Å². The van der Waals surface area contributed by atoms with E-state index in [-0.39, 0.29) is 11.8 Å². The van der Waals surface area contributed by atoms with Crippen LogP contribution in [0.15, 0.2) is 54.9 Å². The summed E-state index contributed by atoms with van der Waals surface area (Å²) < 4.78 is 0. The van der Waals surface area contributed by atoms with Crippen LogP contribution in [0.5, 0.6) is 0 Å². The molecule has 1 aromatic carbocycles. The van der Waals surface area contributed by atoms with E-state index in [0.29, 0.717) is 37.6 Å². The number of para-hydroxylation sites is 1. The predicted molar refractivity (Wildman–Crippen MR) is 107 cm³/mol. The highest BCUT2D eigenvalue weighted by atomic mass is 16.2. The zero-order valence-corrected chi connectivity index (χ0v) is 15.6. The van der Waals surface area contributed by atoms with Crippen LogP contribution in [0.3, 0.4) is 0 Å². The van der Waals surface area contributed by atoms with Crippen molar-refractivity contribution < 1.29 is 9.59 Å². The quantitative estimate of drug-likeness (QED) is 0.761. The van der Waals surface area contributed by atoms with E-state index in [9.17, 15) is 9.59 Å². The number of benzene rings is 1. The van der Waals surface area contributed by atoms with Gasteiger partial charge in [0.25, 0.3) is 5.91 Å². The van der Waals surface area contributed by atoms with Gasteiger partial charge in [-0.3, -0.25) is 14.6 Å². The zero-order valence-electron chi connectivity index (χ0n) is 15.6. The highest BCUT2D eigenvalue weighted by Gasteiger charge is 2.23. The largest absolute Gasteiger partial charge is 0.339 e. The van der Waals surface area contributed by atoms with E-state index < -0.39 is 0 Å². The minimum absolute atomic E-state index is 0.0474. The van der Waals surface area contributed by atoms with Crippen molar-refractivity contribution in [1.82, 2.24) is 19.8 Å². The number of hydrogen-bond donors (Lipinski definition) is 1. The van der Waals surface area contributed by atoms with E-state index in [1.807, 2.05) is 30.3 Å². The Labute approximate surface area is 163 Å². The van der Waals surface area contributed by atoms with Crippen molar-refractivity contribution in [3.8, 4) is 0 Å². The Kier molecular flexibility index (Phi) is 4.89. The van der Waals surface area contributed by atoms with Crippen molar-refractivity contribution in [2.45, 2.75) is 6.92 Å². The molecule has 3 heterocycles. The average Bonchev–Trinajstić information content (AvgIpc) is 2.74. The fraction of sp³-hybridized carbons (Fsp3) is 0.238. The van der Waals surface area contributed by atoms with Crippen LogP contribution in [0.1, 0.15) is 17.3 Å². The summed E-state index contributed by atoms with van der Waals surface area (Å²) in [5, 5.41) is 4.30. The van der Waals surface area contributed by atoms with E-state index in [1.54, 1.807) is 41.2 Å². The number of hydrogen-bond acceptors (Lipinski definition) is 5. The Morgan fingerprint density at radius 2 is 1.68 bits per heavy atom. The summed E-state index contributed by atoms with van der Waals surface area (Å²) in [4.78, 5) is 36.6. The van der Waals surface area contributed by atoms with Crippen LogP contribution in [0.2, 0.25) is 0 Å². The number of aromatic nitrogens is 2. The van der Waals surface area contributed by atoms with Gasteiger partial charge >= 0.3 is 0 Å². The molecule has 0 saturated carbocycles. The predicted octanol–water partition coefficient (Wildman–Crippen LogP) is 2.68. The molecule has 0 bridgehead atoms.